The molecule has 1 unspecified atom stereocenters. The van der Waals surface area contributed by atoms with Gasteiger partial charge < -0.3 is 10.2 Å². The van der Waals surface area contributed by atoms with Gasteiger partial charge in [0.15, 0.2) is 0 Å². The highest BCUT2D eigenvalue weighted by atomic mass is 15.1. The molecule has 1 aliphatic rings. The zero-order valence-electron chi connectivity index (χ0n) is 10.1. The van der Waals surface area contributed by atoms with Crippen molar-refractivity contribution in [2.24, 2.45) is 5.92 Å². The Morgan fingerprint density at radius 1 is 1.43 bits per heavy atom. The molecule has 0 aromatic carbocycles. The topological polar surface area (TPSA) is 15.3 Å². The van der Waals surface area contributed by atoms with Crippen LogP contribution in [0.15, 0.2) is 0 Å². The highest BCUT2D eigenvalue weighted by Gasteiger charge is 2.18. The molecule has 1 aliphatic carbocycles. The van der Waals surface area contributed by atoms with Crippen LogP contribution in [0.3, 0.4) is 0 Å². The quantitative estimate of drug-likeness (QED) is 0.674. The van der Waals surface area contributed by atoms with Crippen LogP contribution in [0.4, 0.5) is 0 Å². The fourth-order valence-corrected chi connectivity index (χ4v) is 1.85. The minimum atomic E-state index is 0.673. The second-order valence-electron chi connectivity index (χ2n) is 4.82. The number of rotatable bonds is 7. The molecule has 0 radical (unpaired) electrons. The zero-order chi connectivity index (χ0) is 10.4. The summed E-state index contributed by atoms with van der Waals surface area (Å²) in [6, 6.07) is 0.673. The van der Waals surface area contributed by atoms with Crippen LogP contribution in [0, 0.1) is 5.92 Å². The van der Waals surface area contributed by atoms with E-state index in [2.05, 4.69) is 31.1 Å². The average molecular weight is 198 g/mol. The molecule has 1 N–H and O–H groups in total. The van der Waals surface area contributed by atoms with Crippen molar-refractivity contribution in [2.75, 3.05) is 26.7 Å². The summed E-state index contributed by atoms with van der Waals surface area (Å²) in [6.07, 6.45) is 5.61. The lowest BCUT2D eigenvalue weighted by Crippen LogP contribution is -2.37. The number of hydrogen-bond donors (Lipinski definition) is 1. The molecule has 1 rings (SSSR count). The first-order valence-electron chi connectivity index (χ1n) is 6.14. The third-order valence-corrected chi connectivity index (χ3v) is 3.39. The number of nitrogens with zero attached hydrogens (tertiary/aromatic N) is 1. The Labute approximate surface area is 89.1 Å². The van der Waals surface area contributed by atoms with Crippen molar-refractivity contribution in [3.8, 4) is 0 Å². The summed E-state index contributed by atoms with van der Waals surface area (Å²) in [5, 5.41) is 3.53. The van der Waals surface area contributed by atoms with E-state index < -0.39 is 0 Å². The molecule has 1 saturated carbocycles. The molecule has 0 saturated heterocycles. The van der Waals surface area contributed by atoms with Gasteiger partial charge in [0.2, 0.25) is 0 Å². The molecule has 84 valence electrons. The number of nitrogens with one attached hydrogen (secondary N) is 1. The smallest absolute Gasteiger partial charge is 0.0104 e. The Kier molecular flexibility index (Phi) is 5.49. The van der Waals surface area contributed by atoms with E-state index in [1.54, 1.807) is 0 Å². The maximum Gasteiger partial charge on any atom is 0.0104 e. The average Bonchev–Trinajstić information content (AvgIpc) is 2.11. The maximum atomic E-state index is 3.53. The highest BCUT2D eigenvalue weighted by molar-refractivity contribution is 4.72. The maximum absolute atomic E-state index is 3.53. The molecular formula is C12H26N2. The van der Waals surface area contributed by atoms with Gasteiger partial charge in [0.05, 0.1) is 0 Å². The largest absolute Gasteiger partial charge is 0.313 e. The van der Waals surface area contributed by atoms with Gasteiger partial charge in [-0.1, -0.05) is 13.3 Å². The van der Waals surface area contributed by atoms with Gasteiger partial charge >= 0.3 is 0 Å². The van der Waals surface area contributed by atoms with E-state index in [9.17, 15) is 0 Å². The van der Waals surface area contributed by atoms with Crippen LogP contribution in [0.25, 0.3) is 0 Å². The molecule has 0 aromatic heterocycles. The molecule has 2 heteroatoms. The third kappa shape index (κ3) is 4.43. The summed E-state index contributed by atoms with van der Waals surface area (Å²) in [7, 11) is 2.25. The molecule has 0 spiro atoms. The normalized spacial score (nSPS) is 19.7. The van der Waals surface area contributed by atoms with E-state index in [-0.39, 0.29) is 0 Å². The minimum Gasteiger partial charge on any atom is -0.313 e. The van der Waals surface area contributed by atoms with E-state index in [0.717, 1.165) is 12.5 Å². The van der Waals surface area contributed by atoms with E-state index >= 15 is 0 Å². The van der Waals surface area contributed by atoms with Crippen LogP contribution in [0.5, 0.6) is 0 Å². The first-order valence-corrected chi connectivity index (χ1v) is 6.14. The Hall–Kier alpha value is -0.0800. The molecule has 2 nitrogen and oxygen atoms in total. The molecule has 1 atom stereocenters. The van der Waals surface area contributed by atoms with Crippen molar-refractivity contribution in [1.82, 2.24) is 10.2 Å². The minimum absolute atomic E-state index is 0.673. The molecule has 0 heterocycles. The predicted molar refractivity (Wildman–Crippen MR) is 62.6 cm³/mol. The third-order valence-electron chi connectivity index (χ3n) is 3.39. The monoisotopic (exact) mass is 198 g/mol. The van der Waals surface area contributed by atoms with Crippen LogP contribution in [-0.2, 0) is 0 Å². The summed E-state index contributed by atoms with van der Waals surface area (Å²) < 4.78 is 0. The molecule has 0 bridgehead atoms. The zero-order valence-corrected chi connectivity index (χ0v) is 10.1. The Balaban J connectivity index is 1.94. The lowest BCUT2D eigenvalue weighted by Gasteiger charge is -2.30. The Morgan fingerprint density at radius 3 is 2.64 bits per heavy atom. The Bertz CT molecular complexity index is 143. The first kappa shape index (κ1) is 12.0. The molecule has 14 heavy (non-hydrogen) atoms. The van der Waals surface area contributed by atoms with Gasteiger partial charge in [-0.25, -0.2) is 0 Å². The van der Waals surface area contributed by atoms with Crippen LogP contribution in [-0.4, -0.2) is 37.6 Å². The van der Waals surface area contributed by atoms with Crippen LogP contribution >= 0.6 is 0 Å². The van der Waals surface area contributed by atoms with Gasteiger partial charge in [0.1, 0.15) is 0 Å². The number of likely N-dealkylation sites (N-methyl/N-ethyl adjacent to an activating group) is 1. The molecule has 0 amide bonds. The Morgan fingerprint density at radius 2 is 2.14 bits per heavy atom. The predicted octanol–water partition coefficient (Wildman–Crippen LogP) is 2.11. The van der Waals surface area contributed by atoms with Gasteiger partial charge in [-0.3, -0.25) is 0 Å². The van der Waals surface area contributed by atoms with Crippen molar-refractivity contribution >= 4 is 0 Å². The lowest BCUT2D eigenvalue weighted by atomic mass is 9.85. The molecule has 0 aromatic rings. The summed E-state index contributed by atoms with van der Waals surface area (Å²) >= 11 is 0. The van der Waals surface area contributed by atoms with Crippen molar-refractivity contribution in [3.05, 3.63) is 0 Å². The van der Waals surface area contributed by atoms with Gasteiger partial charge in [0, 0.05) is 25.7 Å². The van der Waals surface area contributed by atoms with Crippen LogP contribution < -0.4 is 5.32 Å². The summed E-state index contributed by atoms with van der Waals surface area (Å²) in [6.45, 7) is 8.13. The fourth-order valence-electron chi connectivity index (χ4n) is 1.85. The van der Waals surface area contributed by atoms with E-state index in [1.165, 1.54) is 38.8 Å². The second-order valence-corrected chi connectivity index (χ2v) is 4.82. The van der Waals surface area contributed by atoms with Gasteiger partial charge in [-0.05, 0) is 39.2 Å². The molecule has 1 fully saturated rings. The summed E-state index contributed by atoms with van der Waals surface area (Å²) in [5.74, 6) is 1.00. The number of hydrogen-bond acceptors (Lipinski definition) is 2. The van der Waals surface area contributed by atoms with Gasteiger partial charge in [0.25, 0.3) is 0 Å². The fraction of sp³-hybridized carbons (Fsp3) is 1.00. The SMILES string of the molecule is CCC(C)NCCN(C)CC1CCC1. The van der Waals surface area contributed by atoms with Gasteiger partial charge in [-0.15, -0.1) is 0 Å². The van der Waals surface area contributed by atoms with Crippen LogP contribution in [0.1, 0.15) is 39.5 Å². The van der Waals surface area contributed by atoms with Crippen molar-refractivity contribution in [1.29, 1.82) is 0 Å². The van der Waals surface area contributed by atoms with Crippen molar-refractivity contribution < 1.29 is 0 Å². The van der Waals surface area contributed by atoms with E-state index in [4.69, 9.17) is 0 Å². The molecular weight excluding hydrogens is 172 g/mol. The highest BCUT2D eigenvalue weighted by Crippen LogP contribution is 2.26. The van der Waals surface area contributed by atoms with Gasteiger partial charge in [-0.2, -0.15) is 0 Å². The lowest BCUT2D eigenvalue weighted by molar-refractivity contribution is 0.204. The summed E-state index contributed by atoms with van der Waals surface area (Å²) in [4.78, 5) is 2.47. The standard InChI is InChI=1S/C12H26N2/c1-4-11(2)13-8-9-14(3)10-12-6-5-7-12/h11-13H,4-10H2,1-3H3. The molecule has 0 aliphatic heterocycles. The van der Waals surface area contributed by atoms with Crippen LogP contribution in [0.2, 0.25) is 0 Å². The van der Waals surface area contributed by atoms with E-state index in [1.807, 2.05) is 0 Å². The second kappa shape index (κ2) is 6.41. The van der Waals surface area contributed by atoms with E-state index in [0.29, 0.717) is 6.04 Å². The van der Waals surface area contributed by atoms with Crippen molar-refractivity contribution in [2.45, 2.75) is 45.6 Å². The van der Waals surface area contributed by atoms with Crippen molar-refractivity contribution in [3.63, 3.8) is 0 Å². The summed E-state index contributed by atoms with van der Waals surface area (Å²) in [5.41, 5.74) is 0. The first-order chi connectivity index (χ1) is 6.72.